The molecule has 0 radical (unpaired) electrons. The van der Waals surface area contributed by atoms with Crippen molar-refractivity contribution in [1.29, 1.82) is 0 Å². The highest BCUT2D eigenvalue weighted by molar-refractivity contribution is 5.89. The summed E-state index contributed by atoms with van der Waals surface area (Å²) in [4.78, 5) is 48.8. The first-order valence-electron chi connectivity index (χ1n) is 17.1. The molecule has 8 heteroatoms. The summed E-state index contributed by atoms with van der Waals surface area (Å²) in [5.74, 6) is 1.85. The van der Waals surface area contributed by atoms with Crippen molar-refractivity contribution in [1.82, 2.24) is 20.2 Å². The lowest BCUT2D eigenvalue weighted by Crippen LogP contribution is -2.59. The summed E-state index contributed by atoms with van der Waals surface area (Å²) in [7, 11) is 0. The molecular formula is C40H44N4O4. The van der Waals surface area contributed by atoms with Gasteiger partial charge in [0, 0.05) is 43.0 Å². The number of likely N-dealkylation sites (tertiary alicyclic amines) is 1. The Balaban J connectivity index is 1.08. The number of amides is 2. The van der Waals surface area contributed by atoms with E-state index in [1.807, 2.05) is 67.0 Å². The standard InChI is InChI=1S/C40H44N4O4/c1-3-28-9-13-31(14-10-28)32-17-19-33(20-18-32)35-22-41-38(42-23-35)34-15-11-29(12-16-34)21-37(39(46)44-24-36(25-44)27(2)45)43-40(47)48-26-30-7-5-4-6-8-30/h4-8,11-12,15-20,22-23,28,31,36-37H,3,9-10,13-14,21,24-26H2,1-2H3,(H,43,47)/t28-,31-,37-/m0/s1. The summed E-state index contributed by atoms with van der Waals surface area (Å²) in [6.45, 7) is 4.67. The van der Waals surface area contributed by atoms with Crippen molar-refractivity contribution in [3.05, 3.63) is 108 Å². The fraction of sp³-hybridized carbons (Fsp3) is 0.375. The third-order valence-electron chi connectivity index (χ3n) is 10.0. The van der Waals surface area contributed by atoms with E-state index >= 15 is 0 Å². The van der Waals surface area contributed by atoms with E-state index < -0.39 is 12.1 Å². The molecule has 6 rings (SSSR count). The zero-order valence-corrected chi connectivity index (χ0v) is 27.8. The lowest BCUT2D eigenvalue weighted by Gasteiger charge is -2.39. The molecule has 3 aromatic carbocycles. The van der Waals surface area contributed by atoms with Crippen molar-refractivity contribution < 1.29 is 19.1 Å². The Morgan fingerprint density at radius 3 is 2.08 bits per heavy atom. The SMILES string of the molecule is CC[C@H]1CC[C@H](c2ccc(-c3cnc(-c4ccc(C[C@H](NC(=O)OCc5ccccc5)C(=O)N5CC(C(C)=O)C5)cc4)nc3)cc2)CC1. The highest BCUT2D eigenvalue weighted by Crippen LogP contribution is 2.37. The van der Waals surface area contributed by atoms with Gasteiger partial charge in [0.05, 0.1) is 5.92 Å². The zero-order valence-electron chi connectivity index (χ0n) is 27.8. The summed E-state index contributed by atoms with van der Waals surface area (Å²) in [6.07, 6.45) is 9.85. The second kappa shape index (κ2) is 15.4. The molecule has 0 bridgehead atoms. The van der Waals surface area contributed by atoms with Crippen LogP contribution in [0.5, 0.6) is 0 Å². The lowest BCUT2D eigenvalue weighted by molar-refractivity contribution is -0.143. The zero-order chi connectivity index (χ0) is 33.5. The van der Waals surface area contributed by atoms with Crippen LogP contribution in [0.1, 0.15) is 68.6 Å². The second-order valence-electron chi connectivity index (χ2n) is 13.3. The smallest absolute Gasteiger partial charge is 0.408 e. The molecule has 1 aliphatic carbocycles. The number of aromatic nitrogens is 2. The summed E-state index contributed by atoms with van der Waals surface area (Å²) >= 11 is 0. The Morgan fingerprint density at radius 2 is 1.46 bits per heavy atom. The molecule has 8 nitrogen and oxygen atoms in total. The molecule has 2 fully saturated rings. The maximum Gasteiger partial charge on any atom is 0.408 e. The molecule has 2 aliphatic rings. The molecule has 0 spiro atoms. The van der Waals surface area contributed by atoms with Crippen LogP contribution in [0, 0.1) is 11.8 Å². The summed E-state index contributed by atoms with van der Waals surface area (Å²) < 4.78 is 5.41. The van der Waals surface area contributed by atoms with E-state index in [0.717, 1.165) is 33.7 Å². The topological polar surface area (TPSA) is 101 Å². The number of benzene rings is 3. The number of ether oxygens (including phenoxy) is 1. The number of alkyl carbamates (subject to hydrolysis) is 1. The van der Waals surface area contributed by atoms with Crippen LogP contribution in [0.4, 0.5) is 4.79 Å². The molecule has 1 aliphatic heterocycles. The van der Waals surface area contributed by atoms with Crippen LogP contribution in [0.2, 0.25) is 0 Å². The van der Waals surface area contributed by atoms with E-state index in [9.17, 15) is 14.4 Å². The van der Waals surface area contributed by atoms with Crippen LogP contribution in [-0.2, 0) is 27.4 Å². The summed E-state index contributed by atoms with van der Waals surface area (Å²) in [6, 6.07) is 25.1. The van der Waals surface area contributed by atoms with E-state index in [4.69, 9.17) is 4.74 Å². The predicted molar refractivity (Wildman–Crippen MR) is 186 cm³/mol. The molecule has 248 valence electrons. The minimum atomic E-state index is -0.833. The maximum absolute atomic E-state index is 13.4. The van der Waals surface area contributed by atoms with Gasteiger partial charge in [-0.1, -0.05) is 92.2 Å². The minimum Gasteiger partial charge on any atom is -0.445 e. The van der Waals surface area contributed by atoms with Gasteiger partial charge in [-0.3, -0.25) is 9.59 Å². The molecule has 1 saturated heterocycles. The first-order valence-corrected chi connectivity index (χ1v) is 17.1. The average Bonchev–Trinajstić information content (AvgIpc) is 3.10. The molecule has 4 aromatic rings. The molecule has 1 aromatic heterocycles. The first-order chi connectivity index (χ1) is 23.4. The monoisotopic (exact) mass is 644 g/mol. The third kappa shape index (κ3) is 8.16. The van der Waals surface area contributed by atoms with E-state index in [0.29, 0.717) is 24.8 Å². The van der Waals surface area contributed by atoms with Gasteiger partial charge in [0.15, 0.2) is 5.82 Å². The van der Waals surface area contributed by atoms with Crippen molar-refractivity contribution in [3.8, 4) is 22.5 Å². The van der Waals surface area contributed by atoms with Crippen molar-refractivity contribution in [2.75, 3.05) is 13.1 Å². The lowest BCUT2D eigenvalue weighted by atomic mass is 9.78. The Hall–Kier alpha value is -4.85. The molecule has 1 atom stereocenters. The maximum atomic E-state index is 13.4. The number of Topliss-reactive ketones (excluding diaryl/α,β-unsaturated/α-hetero) is 1. The summed E-state index contributed by atoms with van der Waals surface area (Å²) in [5, 5.41) is 2.76. The number of hydrogen-bond donors (Lipinski definition) is 1. The van der Waals surface area contributed by atoms with Gasteiger partial charge >= 0.3 is 6.09 Å². The summed E-state index contributed by atoms with van der Waals surface area (Å²) in [5.41, 5.74) is 6.08. The van der Waals surface area contributed by atoms with E-state index in [1.54, 1.807) is 4.90 Å². The van der Waals surface area contributed by atoms with Crippen LogP contribution in [0.25, 0.3) is 22.5 Å². The predicted octanol–water partition coefficient (Wildman–Crippen LogP) is 7.38. The number of nitrogens with one attached hydrogen (secondary N) is 1. The Labute approximate surface area is 283 Å². The molecule has 1 N–H and O–H groups in total. The normalized spacial score (nSPS) is 18.4. The van der Waals surface area contributed by atoms with Gasteiger partial charge in [-0.2, -0.15) is 0 Å². The van der Waals surface area contributed by atoms with Gasteiger partial charge in [-0.05, 0) is 66.7 Å². The van der Waals surface area contributed by atoms with E-state index in [1.165, 1.54) is 44.6 Å². The largest absolute Gasteiger partial charge is 0.445 e. The van der Waals surface area contributed by atoms with Gasteiger partial charge in [0.2, 0.25) is 5.91 Å². The highest BCUT2D eigenvalue weighted by Gasteiger charge is 2.37. The molecule has 2 amide bonds. The van der Waals surface area contributed by atoms with Crippen LogP contribution >= 0.6 is 0 Å². The Morgan fingerprint density at radius 1 is 0.812 bits per heavy atom. The van der Waals surface area contributed by atoms with Crippen molar-refractivity contribution in [2.45, 2.75) is 70.9 Å². The number of nitrogens with zero attached hydrogens (tertiary/aromatic N) is 3. The van der Waals surface area contributed by atoms with Gasteiger partial charge in [-0.25, -0.2) is 14.8 Å². The van der Waals surface area contributed by atoms with Crippen LogP contribution in [0.3, 0.4) is 0 Å². The number of carbonyl (C=O) groups is 3. The molecule has 1 saturated carbocycles. The van der Waals surface area contributed by atoms with Crippen LogP contribution in [0.15, 0.2) is 91.3 Å². The molecule has 48 heavy (non-hydrogen) atoms. The van der Waals surface area contributed by atoms with Gasteiger partial charge in [0.1, 0.15) is 18.4 Å². The second-order valence-corrected chi connectivity index (χ2v) is 13.3. The van der Waals surface area contributed by atoms with Crippen molar-refractivity contribution in [2.24, 2.45) is 11.8 Å². The van der Waals surface area contributed by atoms with E-state index in [2.05, 4.69) is 46.5 Å². The Kier molecular flexibility index (Phi) is 10.6. The van der Waals surface area contributed by atoms with Gasteiger partial charge in [0.25, 0.3) is 0 Å². The fourth-order valence-corrected chi connectivity index (χ4v) is 6.75. The molecule has 2 heterocycles. The average molecular weight is 645 g/mol. The van der Waals surface area contributed by atoms with Crippen LogP contribution < -0.4 is 5.32 Å². The number of ketones is 1. The Bertz CT molecular complexity index is 1680. The highest BCUT2D eigenvalue weighted by atomic mass is 16.5. The van der Waals surface area contributed by atoms with Crippen molar-refractivity contribution >= 4 is 17.8 Å². The number of carbonyl (C=O) groups excluding carboxylic acids is 3. The van der Waals surface area contributed by atoms with Crippen molar-refractivity contribution in [3.63, 3.8) is 0 Å². The molecular weight excluding hydrogens is 600 g/mol. The number of rotatable bonds is 11. The van der Waals surface area contributed by atoms with Crippen LogP contribution in [-0.4, -0.2) is 51.8 Å². The third-order valence-corrected chi connectivity index (χ3v) is 10.0. The van der Waals surface area contributed by atoms with Gasteiger partial charge in [-0.15, -0.1) is 0 Å². The fourth-order valence-electron chi connectivity index (χ4n) is 6.75. The van der Waals surface area contributed by atoms with Gasteiger partial charge < -0.3 is 15.0 Å². The van der Waals surface area contributed by atoms with E-state index in [-0.39, 0.29) is 30.6 Å². The molecule has 0 unspecified atom stereocenters. The quantitative estimate of drug-likeness (QED) is 0.183. The first kappa shape index (κ1) is 33.1. The number of hydrogen-bond acceptors (Lipinski definition) is 6. The minimum absolute atomic E-state index is 0.0642.